The van der Waals surface area contributed by atoms with E-state index in [4.69, 9.17) is 4.42 Å². The number of hydrogen-bond acceptors (Lipinski definition) is 2. The minimum atomic E-state index is 0.499. The monoisotopic (exact) mass is 207 g/mol. The quantitative estimate of drug-likeness (QED) is 0.819. The molecule has 3 atom stereocenters. The van der Waals surface area contributed by atoms with Crippen molar-refractivity contribution in [2.24, 2.45) is 11.8 Å². The molecule has 1 aromatic rings. The molecule has 0 radical (unpaired) electrons. The summed E-state index contributed by atoms with van der Waals surface area (Å²) in [5.74, 6) is 1.68. The second-order valence-corrected chi connectivity index (χ2v) is 4.77. The van der Waals surface area contributed by atoms with E-state index in [-0.39, 0.29) is 0 Å². The van der Waals surface area contributed by atoms with Crippen molar-refractivity contribution in [3.8, 4) is 0 Å². The predicted molar refractivity (Wildman–Crippen MR) is 61.6 cm³/mol. The van der Waals surface area contributed by atoms with Gasteiger partial charge in [0.05, 0.1) is 12.5 Å². The van der Waals surface area contributed by atoms with E-state index in [1.54, 1.807) is 6.26 Å². The number of hydrogen-bond donors (Lipinski definition) is 1. The van der Waals surface area contributed by atoms with Crippen LogP contribution in [0.2, 0.25) is 0 Å². The molecule has 0 saturated heterocycles. The summed E-state index contributed by atoms with van der Waals surface area (Å²) in [7, 11) is 0. The zero-order valence-corrected chi connectivity index (χ0v) is 9.70. The Bertz CT molecular complexity index is 281. The Morgan fingerprint density at radius 2 is 2.40 bits per heavy atom. The predicted octanol–water partition coefficient (Wildman–Crippen LogP) is 3.37. The summed E-state index contributed by atoms with van der Waals surface area (Å²) < 4.78 is 5.19. The topological polar surface area (TPSA) is 25.2 Å². The summed E-state index contributed by atoms with van der Waals surface area (Å²) in [4.78, 5) is 0. The summed E-state index contributed by atoms with van der Waals surface area (Å²) in [6, 6.07) is 2.59. The molecule has 0 aliphatic heterocycles. The molecule has 0 spiro atoms. The number of nitrogens with one attached hydrogen (secondary N) is 1. The maximum atomic E-state index is 5.19. The summed E-state index contributed by atoms with van der Waals surface area (Å²) in [6.07, 6.45) is 7.74. The first-order valence-corrected chi connectivity index (χ1v) is 6.06. The van der Waals surface area contributed by atoms with Crippen LogP contribution in [0.25, 0.3) is 0 Å². The van der Waals surface area contributed by atoms with Gasteiger partial charge < -0.3 is 9.73 Å². The third kappa shape index (κ3) is 2.43. The van der Waals surface area contributed by atoms with Crippen LogP contribution in [0, 0.1) is 11.8 Å². The van der Waals surface area contributed by atoms with E-state index >= 15 is 0 Å². The highest BCUT2D eigenvalue weighted by Gasteiger charge is 2.29. The van der Waals surface area contributed by atoms with E-state index < -0.39 is 0 Å². The largest absolute Gasteiger partial charge is 0.472 e. The van der Waals surface area contributed by atoms with Crippen molar-refractivity contribution < 1.29 is 4.42 Å². The highest BCUT2D eigenvalue weighted by molar-refractivity contribution is 5.13. The zero-order chi connectivity index (χ0) is 10.7. The van der Waals surface area contributed by atoms with Crippen LogP contribution in [0.5, 0.6) is 0 Å². The average Bonchev–Trinajstić information content (AvgIpc) is 2.85. The lowest BCUT2D eigenvalue weighted by molar-refractivity contribution is 0.362. The number of furan rings is 1. The molecule has 1 heterocycles. The molecule has 0 bridgehead atoms. The van der Waals surface area contributed by atoms with Crippen molar-refractivity contribution in [3.05, 3.63) is 24.2 Å². The fraction of sp³-hybridized carbons (Fsp3) is 0.692. The van der Waals surface area contributed by atoms with Crippen molar-refractivity contribution in [2.75, 3.05) is 6.54 Å². The molecule has 3 unspecified atom stereocenters. The summed E-state index contributed by atoms with van der Waals surface area (Å²) in [6.45, 7) is 5.56. The highest BCUT2D eigenvalue weighted by Crippen LogP contribution is 2.38. The van der Waals surface area contributed by atoms with Gasteiger partial charge in [0.2, 0.25) is 0 Å². The van der Waals surface area contributed by atoms with E-state index in [2.05, 4.69) is 25.2 Å². The molecule has 0 amide bonds. The van der Waals surface area contributed by atoms with Gasteiger partial charge in [-0.05, 0) is 37.3 Å². The molecule has 1 aromatic heterocycles. The van der Waals surface area contributed by atoms with Gasteiger partial charge in [0.1, 0.15) is 0 Å². The maximum Gasteiger partial charge on any atom is 0.0950 e. The van der Waals surface area contributed by atoms with E-state index in [9.17, 15) is 0 Å². The van der Waals surface area contributed by atoms with E-state index in [1.807, 2.05) is 6.26 Å². The van der Waals surface area contributed by atoms with Gasteiger partial charge in [-0.1, -0.05) is 20.3 Å². The minimum absolute atomic E-state index is 0.499. The first-order valence-electron chi connectivity index (χ1n) is 6.06. The Hall–Kier alpha value is -0.760. The molecule has 2 rings (SSSR count). The van der Waals surface area contributed by atoms with Crippen LogP contribution < -0.4 is 5.32 Å². The highest BCUT2D eigenvalue weighted by atomic mass is 16.3. The Morgan fingerprint density at radius 3 is 2.93 bits per heavy atom. The van der Waals surface area contributed by atoms with Gasteiger partial charge in [0, 0.05) is 11.6 Å². The standard InChI is InChI=1S/C13H21NO/c1-3-14-13(12-6-7-15-9-12)11-5-4-10(2)8-11/h6-7,9-11,13-14H,3-5,8H2,1-2H3. The van der Waals surface area contributed by atoms with Crippen molar-refractivity contribution in [1.29, 1.82) is 0 Å². The smallest absolute Gasteiger partial charge is 0.0950 e. The van der Waals surface area contributed by atoms with Crippen LogP contribution >= 0.6 is 0 Å². The summed E-state index contributed by atoms with van der Waals surface area (Å²) in [5.41, 5.74) is 1.32. The van der Waals surface area contributed by atoms with Crippen LogP contribution in [0.3, 0.4) is 0 Å². The van der Waals surface area contributed by atoms with E-state index in [0.717, 1.165) is 18.4 Å². The minimum Gasteiger partial charge on any atom is -0.472 e. The molecule has 1 aliphatic carbocycles. The van der Waals surface area contributed by atoms with Crippen molar-refractivity contribution in [2.45, 2.75) is 39.2 Å². The van der Waals surface area contributed by atoms with Crippen molar-refractivity contribution >= 4 is 0 Å². The van der Waals surface area contributed by atoms with Crippen LogP contribution in [-0.4, -0.2) is 6.54 Å². The van der Waals surface area contributed by atoms with Crippen LogP contribution in [-0.2, 0) is 0 Å². The molecule has 0 aromatic carbocycles. The fourth-order valence-corrected chi connectivity index (χ4v) is 2.78. The van der Waals surface area contributed by atoms with E-state index in [0.29, 0.717) is 6.04 Å². The van der Waals surface area contributed by atoms with E-state index in [1.165, 1.54) is 24.8 Å². The Labute approximate surface area is 92.1 Å². The lowest BCUT2D eigenvalue weighted by Gasteiger charge is -2.23. The average molecular weight is 207 g/mol. The molecule has 1 saturated carbocycles. The number of rotatable bonds is 4. The van der Waals surface area contributed by atoms with Gasteiger partial charge in [-0.25, -0.2) is 0 Å². The molecule has 1 aliphatic rings. The van der Waals surface area contributed by atoms with Crippen LogP contribution in [0.4, 0.5) is 0 Å². The Balaban J connectivity index is 2.06. The Morgan fingerprint density at radius 1 is 1.53 bits per heavy atom. The third-order valence-electron chi connectivity index (χ3n) is 3.53. The first kappa shape index (κ1) is 10.7. The summed E-state index contributed by atoms with van der Waals surface area (Å²) in [5, 5.41) is 3.59. The second kappa shape index (κ2) is 4.84. The van der Waals surface area contributed by atoms with Crippen molar-refractivity contribution in [3.63, 3.8) is 0 Å². The van der Waals surface area contributed by atoms with Gasteiger partial charge >= 0.3 is 0 Å². The molecular formula is C13H21NO. The maximum absolute atomic E-state index is 5.19. The normalized spacial score (nSPS) is 28.1. The van der Waals surface area contributed by atoms with Gasteiger partial charge in [-0.3, -0.25) is 0 Å². The van der Waals surface area contributed by atoms with Crippen LogP contribution in [0.15, 0.2) is 23.0 Å². The SMILES string of the molecule is CCNC(c1ccoc1)C1CCC(C)C1. The second-order valence-electron chi connectivity index (χ2n) is 4.77. The molecule has 15 heavy (non-hydrogen) atoms. The molecule has 1 fully saturated rings. The molecule has 2 heteroatoms. The van der Waals surface area contributed by atoms with Gasteiger partial charge in [-0.15, -0.1) is 0 Å². The lowest BCUT2D eigenvalue weighted by atomic mass is 9.92. The molecule has 84 valence electrons. The zero-order valence-electron chi connectivity index (χ0n) is 9.70. The van der Waals surface area contributed by atoms with Gasteiger partial charge in [0.25, 0.3) is 0 Å². The Kier molecular flexibility index (Phi) is 3.47. The molecule has 2 nitrogen and oxygen atoms in total. The molecular weight excluding hydrogens is 186 g/mol. The van der Waals surface area contributed by atoms with Crippen molar-refractivity contribution in [1.82, 2.24) is 5.32 Å². The van der Waals surface area contributed by atoms with Crippen LogP contribution in [0.1, 0.15) is 44.7 Å². The fourth-order valence-electron chi connectivity index (χ4n) is 2.78. The molecule has 1 N–H and O–H groups in total. The lowest BCUT2D eigenvalue weighted by Crippen LogP contribution is -2.26. The summed E-state index contributed by atoms with van der Waals surface area (Å²) >= 11 is 0. The van der Waals surface area contributed by atoms with Gasteiger partial charge in [0.15, 0.2) is 0 Å². The third-order valence-corrected chi connectivity index (χ3v) is 3.53. The van der Waals surface area contributed by atoms with Gasteiger partial charge in [-0.2, -0.15) is 0 Å². The first-order chi connectivity index (χ1) is 7.31.